The van der Waals surface area contributed by atoms with Crippen molar-refractivity contribution in [3.63, 3.8) is 0 Å². The Morgan fingerprint density at radius 3 is 2.75 bits per heavy atom. The van der Waals surface area contributed by atoms with Crippen molar-refractivity contribution >= 4 is 0 Å². The van der Waals surface area contributed by atoms with Crippen LogP contribution in [0, 0.1) is 5.92 Å². The summed E-state index contributed by atoms with van der Waals surface area (Å²) in [6.45, 7) is 6.17. The van der Waals surface area contributed by atoms with E-state index in [1.54, 1.807) is 0 Å². The Bertz CT molecular complexity index is 1100. The van der Waals surface area contributed by atoms with E-state index in [9.17, 15) is 0 Å². The second kappa shape index (κ2) is 9.06. The van der Waals surface area contributed by atoms with E-state index in [4.69, 9.17) is 14.2 Å². The van der Waals surface area contributed by atoms with Crippen LogP contribution in [0.1, 0.15) is 81.4 Å². The quantitative estimate of drug-likeness (QED) is 0.361. The molecule has 36 heavy (non-hydrogen) atoms. The van der Waals surface area contributed by atoms with Crippen molar-refractivity contribution in [3.05, 3.63) is 59.2 Å². The SMILES string of the molecule is CCCCCOC12CCC[C@@H]3Oc4c(OCc5ccccc5)ccc5c4[C@@]31CCN(CC1CC1)[C@@H]2C5. The summed E-state index contributed by atoms with van der Waals surface area (Å²) in [6, 6.07) is 15.5. The molecule has 2 saturated carbocycles. The molecule has 192 valence electrons. The molecule has 0 radical (unpaired) electrons. The van der Waals surface area contributed by atoms with Gasteiger partial charge >= 0.3 is 0 Å². The maximum Gasteiger partial charge on any atom is 0.165 e. The summed E-state index contributed by atoms with van der Waals surface area (Å²) in [4.78, 5) is 2.84. The van der Waals surface area contributed by atoms with Crippen LogP contribution >= 0.6 is 0 Å². The Balaban J connectivity index is 1.28. The molecule has 4 atom stereocenters. The summed E-state index contributed by atoms with van der Waals surface area (Å²) >= 11 is 0. The number of likely N-dealkylation sites (tertiary alicyclic amines) is 1. The number of piperidine rings is 1. The third kappa shape index (κ3) is 3.47. The Morgan fingerprint density at radius 2 is 1.92 bits per heavy atom. The van der Waals surface area contributed by atoms with E-state index in [0.717, 1.165) is 49.7 Å². The van der Waals surface area contributed by atoms with Gasteiger partial charge in [0.05, 0.1) is 11.0 Å². The summed E-state index contributed by atoms with van der Waals surface area (Å²) in [5.74, 6) is 2.85. The highest BCUT2D eigenvalue weighted by atomic mass is 16.5. The van der Waals surface area contributed by atoms with Gasteiger partial charge in [-0.1, -0.05) is 56.2 Å². The van der Waals surface area contributed by atoms with Gasteiger partial charge in [0.1, 0.15) is 12.7 Å². The van der Waals surface area contributed by atoms with Crippen molar-refractivity contribution in [2.45, 2.75) is 101 Å². The van der Waals surface area contributed by atoms with Crippen molar-refractivity contribution in [3.8, 4) is 11.5 Å². The second-order valence-corrected chi connectivity index (χ2v) is 12.0. The first-order valence-corrected chi connectivity index (χ1v) is 14.6. The fraction of sp³-hybridized carbons (Fsp3) is 0.625. The molecule has 3 fully saturated rings. The number of hydrogen-bond donors (Lipinski definition) is 0. The topological polar surface area (TPSA) is 30.9 Å². The number of benzene rings is 2. The molecule has 0 N–H and O–H groups in total. The highest BCUT2D eigenvalue weighted by Crippen LogP contribution is 2.67. The highest BCUT2D eigenvalue weighted by molar-refractivity contribution is 5.62. The largest absolute Gasteiger partial charge is 0.485 e. The monoisotopic (exact) mass is 487 g/mol. The van der Waals surface area contributed by atoms with Crippen molar-refractivity contribution in [1.29, 1.82) is 0 Å². The van der Waals surface area contributed by atoms with E-state index in [1.165, 1.54) is 68.3 Å². The van der Waals surface area contributed by atoms with Gasteiger partial charge in [0.15, 0.2) is 11.5 Å². The number of nitrogens with zero attached hydrogens (tertiary/aromatic N) is 1. The molecule has 2 aromatic rings. The molecule has 1 spiro atoms. The molecule has 2 bridgehead atoms. The maximum absolute atomic E-state index is 7.23. The molecule has 3 aliphatic carbocycles. The van der Waals surface area contributed by atoms with Gasteiger partial charge in [-0.3, -0.25) is 4.90 Å². The average molecular weight is 488 g/mol. The molecule has 7 rings (SSSR count). The molecule has 2 aliphatic heterocycles. The van der Waals surface area contributed by atoms with E-state index < -0.39 is 0 Å². The van der Waals surface area contributed by atoms with Crippen molar-refractivity contribution in [2.75, 3.05) is 19.7 Å². The van der Waals surface area contributed by atoms with Crippen LogP contribution in [-0.2, 0) is 23.2 Å². The van der Waals surface area contributed by atoms with Crippen molar-refractivity contribution < 1.29 is 14.2 Å². The van der Waals surface area contributed by atoms with Gasteiger partial charge in [0.2, 0.25) is 0 Å². The van der Waals surface area contributed by atoms with Gasteiger partial charge in [-0.25, -0.2) is 0 Å². The van der Waals surface area contributed by atoms with Gasteiger partial charge < -0.3 is 14.2 Å². The van der Waals surface area contributed by atoms with Crippen LogP contribution < -0.4 is 9.47 Å². The Kier molecular flexibility index (Phi) is 5.81. The van der Waals surface area contributed by atoms with Gasteiger partial charge in [0, 0.05) is 24.8 Å². The lowest BCUT2D eigenvalue weighted by atomic mass is 9.49. The lowest BCUT2D eigenvalue weighted by Crippen LogP contribution is -2.76. The zero-order chi connectivity index (χ0) is 24.2. The Hall–Kier alpha value is -2.04. The van der Waals surface area contributed by atoms with Crippen LogP contribution in [0.5, 0.6) is 11.5 Å². The minimum atomic E-state index is -0.132. The zero-order valence-electron chi connectivity index (χ0n) is 21.8. The molecular formula is C32H41NO3. The smallest absolute Gasteiger partial charge is 0.165 e. The van der Waals surface area contributed by atoms with E-state index in [0.29, 0.717) is 12.6 Å². The number of unbranched alkanes of at least 4 members (excludes halogenated alkanes) is 2. The highest BCUT2D eigenvalue weighted by Gasteiger charge is 2.72. The molecule has 4 heteroatoms. The summed E-state index contributed by atoms with van der Waals surface area (Å²) < 4.78 is 20.6. The Morgan fingerprint density at radius 1 is 1.03 bits per heavy atom. The lowest BCUT2D eigenvalue weighted by molar-refractivity contribution is -0.216. The molecule has 0 aromatic heterocycles. The predicted octanol–water partition coefficient (Wildman–Crippen LogP) is 6.43. The first kappa shape index (κ1) is 23.1. The summed E-state index contributed by atoms with van der Waals surface area (Å²) in [5.41, 5.74) is 3.97. The summed E-state index contributed by atoms with van der Waals surface area (Å²) in [6.07, 6.45) is 12.4. The Labute approximate surface area is 216 Å². The van der Waals surface area contributed by atoms with Crippen LogP contribution in [-0.4, -0.2) is 42.3 Å². The molecule has 5 aliphatic rings. The molecule has 1 unspecified atom stereocenters. The van der Waals surface area contributed by atoms with E-state index in [1.807, 2.05) is 0 Å². The minimum Gasteiger partial charge on any atom is -0.485 e. The summed E-state index contributed by atoms with van der Waals surface area (Å²) in [5, 5.41) is 0. The van der Waals surface area contributed by atoms with Crippen LogP contribution in [0.2, 0.25) is 0 Å². The predicted molar refractivity (Wildman–Crippen MR) is 142 cm³/mol. The van der Waals surface area contributed by atoms with Crippen LogP contribution in [0.15, 0.2) is 42.5 Å². The molecular weight excluding hydrogens is 446 g/mol. The van der Waals surface area contributed by atoms with E-state index in [2.05, 4.69) is 54.3 Å². The standard InChI is InChI=1S/C32H41NO3/c1-2-3-7-19-35-32-16-8-11-28-31(32)17-18-33(21-23-12-13-23)27(32)20-25-14-15-26(30(36-28)29(25)31)34-22-24-9-5-4-6-10-24/h4-6,9-10,14-15,23,27-28H,2-3,7-8,11-13,16-22H2,1H3/t27-,28+,31-,32?/m1/s1. The molecule has 1 saturated heterocycles. The zero-order valence-corrected chi connectivity index (χ0v) is 21.8. The van der Waals surface area contributed by atoms with Crippen LogP contribution in [0.3, 0.4) is 0 Å². The third-order valence-electron chi connectivity index (χ3n) is 9.95. The number of hydrogen-bond acceptors (Lipinski definition) is 4. The van der Waals surface area contributed by atoms with Gasteiger partial charge in [-0.2, -0.15) is 0 Å². The molecule has 4 nitrogen and oxygen atoms in total. The number of ether oxygens (including phenoxy) is 3. The van der Waals surface area contributed by atoms with Gasteiger partial charge in [0.25, 0.3) is 0 Å². The number of rotatable bonds is 10. The van der Waals surface area contributed by atoms with Crippen LogP contribution in [0.4, 0.5) is 0 Å². The minimum absolute atomic E-state index is 0.0305. The van der Waals surface area contributed by atoms with E-state index >= 15 is 0 Å². The molecule has 0 amide bonds. The molecule has 2 aromatic carbocycles. The van der Waals surface area contributed by atoms with Crippen molar-refractivity contribution in [2.24, 2.45) is 5.92 Å². The fourth-order valence-corrected chi connectivity index (χ4v) is 8.18. The van der Waals surface area contributed by atoms with Crippen molar-refractivity contribution in [1.82, 2.24) is 4.90 Å². The van der Waals surface area contributed by atoms with E-state index in [-0.39, 0.29) is 17.1 Å². The lowest BCUT2D eigenvalue weighted by Gasteiger charge is -2.65. The van der Waals surface area contributed by atoms with Gasteiger partial charge in [-0.05, 0) is 81.0 Å². The average Bonchev–Trinajstić information content (AvgIpc) is 3.66. The molecule has 2 heterocycles. The third-order valence-corrected chi connectivity index (χ3v) is 9.95. The maximum atomic E-state index is 7.23. The first-order valence-electron chi connectivity index (χ1n) is 14.6. The fourth-order valence-electron chi connectivity index (χ4n) is 8.18. The normalized spacial score (nSPS) is 32.1. The summed E-state index contributed by atoms with van der Waals surface area (Å²) in [7, 11) is 0. The van der Waals surface area contributed by atoms with Gasteiger partial charge in [-0.15, -0.1) is 0 Å². The second-order valence-electron chi connectivity index (χ2n) is 12.0. The van der Waals surface area contributed by atoms with Crippen LogP contribution in [0.25, 0.3) is 0 Å². The first-order chi connectivity index (χ1) is 17.7.